The van der Waals surface area contributed by atoms with Crippen molar-refractivity contribution in [3.63, 3.8) is 0 Å². The lowest BCUT2D eigenvalue weighted by atomic mass is 10.1. The second kappa shape index (κ2) is 10.3. The van der Waals surface area contributed by atoms with Gasteiger partial charge in [-0.3, -0.25) is 19.0 Å². The molecule has 1 aromatic heterocycles. The van der Waals surface area contributed by atoms with Crippen LogP contribution in [0.2, 0.25) is 0 Å². The van der Waals surface area contributed by atoms with Crippen LogP contribution in [0.5, 0.6) is 5.75 Å². The minimum Gasteiger partial charge on any atom is -0.497 e. The number of amides is 1. The molecule has 0 atom stereocenters. The highest BCUT2D eigenvalue weighted by molar-refractivity contribution is 5.94. The molecular weight excluding hydrogens is 468 g/mol. The number of hydrogen-bond donors (Lipinski definition) is 0. The molecule has 2 heterocycles. The first-order chi connectivity index (χ1) is 18.0. The van der Waals surface area contributed by atoms with Gasteiger partial charge < -0.3 is 19.1 Å². The van der Waals surface area contributed by atoms with E-state index in [4.69, 9.17) is 4.74 Å². The average Bonchev–Trinajstić information content (AvgIpc) is 2.96. The maximum atomic E-state index is 13.1. The van der Waals surface area contributed by atoms with E-state index in [-0.39, 0.29) is 12.5 Å². The Labute approximate surface area is 214 Å². The highest BCUT2D eigenvalue weighted by Gasteiger charge is 2.22. The maximum Gasteiger partial charge on any atom is 0.317 e. The molecule has 190 valence electrons. The second-order valence-corrected chi connectivity index (χ2v) is 9.11. The van der Waals surface area contributed by atoms with Gasteiger partial charge >= 0.3 is 11.1 Å². The summed E-state index contributed by atoms with van der Waals surface area (Å²) in [4.78, 5) is 42.8. The van der Waals surface area contributed by atoms with Crippen molar-refractivity contribution >= 4 is 22.6 Å². The third-order valence-electron chi connectivity index (χ3n) is 6.98. The molecule has 0 aliphatic carbocycles. The first kappa shape index (κ1) is 24.4. The molecule has 37 heavy (non-hydrogen) atoms. The van der Waals surface area contributed by atoms with Gasteiger partial charge in [0.15, 0.2) is 0 Å². The zero-order valence-corrected chi connectivity index (χ0v) is 21.1. The van der Waals surface area contributed by atoms with Crippen LogP contribution >= 0.6 is 0 Å². The predicted molar refractivity (Wildman–Crippen MR) is 145 cm³/mol. The van der Waals surface area contributed by atoms with Gasteiger partial charge in [-0.1, -0.05) is 30.3 Å². The van der Waals surface area contributed by atoms with E-state index < -0.39 is 11.1 Å². The first-order valence-corrected chi connectivity index (χ1v) is 12.5. The maximum absolute atomic E-state index is 13.1. The van der Waals surface area contributed by atoms with E-state index >= 15 is 0 Å². The van der Waals surface area contributed by atoms with E-state index in [0.29, 0.717) is 30.7 Å². The fourth-order valence-corrected chi connectivity index (χ4v) is 4.93. The zero-order chi connectivity index (χ0) is 25.9. The van der Waals surface area contributed by atoms with Crippen LogP contribution in [-0.4, -0.2) is 53.2 Å². The van der Waals surface area contributed by atoms with Gasteiger partial charge in [-0.15, -0.1) is 0 Å². The number of para-hydroxylation sites is 2. The molecule has 0 spiro atoms. The molecule has 0 bridgehead atoms. The van der Waals surface area contributed by atoms with Gasteiger partial charge in [0.05, 0.1) is 24.7 Å². The number of anilines is 1. The van der Waals surface area contributed by atoms with Crippen LogP contribution in [0.25, 0.3) is 11.0 Å². The molecule has 0 unspecified atom stereocenters. The molecule has 1 amide bonds. The fourth-order valence-electron chi connectivity index (χ4n) is 4.93. The topological polar surface area (TPSA) is 76.8 Å². The van der Waals surface area contributed by atoms with Gasteiger partial charge in [-0.25, -0.2) is 0 Å². The molecule has 8 heteroatoms. The number of nitrogens with zero attached hydrogens (tertiary/aromatic N) is 4. The van der Waals surface area contributed by atoms with Gasteiger partial charge in [0.2, 0.25) is 0 Å². The van der Waals surface area contributed by atoms with Crippen LogP contribution in [0.1, 0.15) is 22.8 Å². The second-order valence-electron chi connectivity index (χ2n) is 9.11. The molecule has 0 radical (unpaired) electrons. The van der Waals surface area contributed by atoms with Gasteiger partial charge in [-0.05, 0) is 48.9 Å². The minimum absolute atomic E-state index is 0.00926. The Kier molecular flexibility index (Phi) is 6.81. The van der Waals surface area contributed by atoms with Crippen LogP contribution in [0.15, 0.2) is 82.4 Å². The molecule has 3 aromatic carbocycles. The molecule has 1 aliphatic rings. The summed E-state index contributed by atoms with van der Waals surface area (Å²) in [6, 6.07) is 22.7. The lowest BCUT2D eigenvalue weighted by molar-refractivity contribution is 0.0746. The van der Waals surface area contributed by atoms with Crippen molar-refractivity contribution in [3.05, 3.63) is 105 Å². The first-order valence-electron chi connectivity index (χ1n) is 12.5. The number of ether oxygens (including phenoxy) is 1. The van der Waals surface area contributed by atoms with Crippen molar-refractivity contribution in [3.8, 4) is 5.75 Å². The van der Waals surface area contributed by atoms with E-state index in [1.54, 1.807) is 19.2 Å². The Morgan fingerprint density at radius 3 is 2.11 bits per heavy atom. The predicted octanol–water partition coefficient (Wildman–Crippen LogP) is 3.20. The van der Waals surface area contributed by atoms with Gasteiger partial charge in [0, 0.05) is 50.0 Å². The third-order valence-corrected chi connectivity index (χ3v) is 6.98. The summed E-state index contributed by atoms with van der Waals surface area (Å²) in [5.74, 6) is 0.808. The van der Waals surface area contributed by atoms with Gasteiger partial charge in [0.1, 0.15) is 5.75 Å². The van der Waals surface area contributed by atoms with Gasteiger partial charge in [0.25, 0.3) is 5.91 Å². The average molecular weight is 499 g/mol. The number of hydrogen-bond acceptors (Lipinski definition) is 5. The number of fused-ring (bicyclic) bond motifs is 1. The molecule has 4 aromatic rings. The van der Waals surface area contributed by atoms with Crippen LogP contribution in [0.3, 0.4) is 0 Å². The van der Waals surface area contributed by atoms with Crippen molar-refractivity contribution in [2.45, 2.75) is 20.0 Å². The zero-order valence-electron chi connectivity index (χ0n) is 21.1. The molecule has 0 saturated carbocycles. The normalized spacial score (nSPS) is 13.7. The minimum atomic E-state index is -0.547. The number of aromatic nitrogens is 2. The van der Waals surface area contributed by atoms with E-state index in [9.17, 15) is 14.4 Å². The smallest absolute Gasteiger partial charge is 0.317 e. The Morgan fingerprint density at radius 1 is 0.811 bits per heavy atom. The van der Waals surface area contributed by atoms with Crippen molar-refractivity contribution in [2.24, 2.45) is 0 Å². The summed E-state index contributed by atoms with van der Waals surface area (Å²) in [7, 11) is 1.66. The van der Waals surface area contributed by atoms with E-state index in [0.717, 1.165) is 35.6 Å². The Morgan fingerprint density at radius 2 is 1.46 bits per heavy atom. The number of piperazine rings is 1. The summed E-state index contributed by atoms with van der Waals surface area (Å²) in [6.07, 6.45) is 0. The molecule has 0 N–H and O–H groups in total. The molecule has 8 nitrogen and oxygen atoms in total. The summed E-state index contributed by atoms with van der Waals surface area (Å²) in [5.41, 5.74) is 2.91. The van der Waals surface area contributed by atoms with Crippen molar-refractivity contribution in [2.75, 3.05) is 38.2 Å². The number of aryl methyl sites for hydroxylation is 1. The van der Waals surface area contributed by atoms with Crippen LogP contribution in [0.4, 0.5) is 5.69 Å². The molecule has 5 rings (SSSR count). The molecule has 1 aliphatic heterocycles. The van der Waals surface area contributed by atoms with Crippen molar-refractivity contribution in [1.29, 1.82) is 0 Å². The number of rotatable bonds is 6. The van der Waals surface area contributed by atoms with Crippen LogP contribution in [0, 0.1) is 0 Å². The molecule has 1 fully saturated rings. The monoisotopic (exact) mass is 498 g/mol. The number of carbonyl (C=O) groups excluding carboxylic acids is 1. The summed E-state index contributed by atoms with van der Waals surface area (Å²) >= 11 is 0. The standard InChI is InChI=1S/C29H30N4O4/c1-3-32-25-9-4-5-10-26(25)33(29(36)28(32)35)20-21-11-13-22(14-12-21)27(34)31-17-15-30(16-18-31)23-7-6-8-24(19-23)37-2/h4-14,19H,3,15-18,20H2,1-2H3. The summed E-state index contributed by atoms with van der Waals surface area (Å²) in [6.45, 7) is 5.30. The van der Waals surface area contributed by atoms with E-state index in [1.165, 1.54) is 9.13 Å². The highest BCUT2D eigenvalue weighted by atomic mass is 16.5. The van der Waals surface area contributed by atoms with Crippen LogP contribution in [-0.2, 0) is 13.1 Å². The number of methoxy groups -OCH3 is 1. The van der Waals surface area contributed by atoms with E-state index in [1.807, 2.05) is 66.4 Å². The summed E-state index contributed by atoms with van der Waals surface area (Å²) < 4.78 is 8.34. The SMILES string of the molecule is CCn1c(=O)c(=O)n(Cc2ccc(C(=O)N3CCN(c4cccc(OC)c4)CC3)cc2)c2ccccc21. The third kappa shape index (κ3) is 4.74. The van der Waals surface area contributed by atoms with Crippen molar-refractivity contribution in [1.82, 2.24) is 14.0 Å². The fraction of sp³-hybridized carbons (Fsp3) is 0.276. The largest absolute Gasteiger partial charge is 0.497 e. The number of benzene rings is 3. The van der Waals surface area contributed by atoms with Gasteiger partial charge in [-0.2, -0.15) is 0 Å². The Bertz CT molecular complexity index is 1550. The summed E-state index contributed by atoms with van der Waals surface area (Å²) in [5, 5.41) is 0. The molecule has 1 saturated heterocycles. The van der Waals surface area contributed by atoms with Crippen molar-refractivity contribution < 1.29 is 9.53 Å². The Hall–Kier alpha value is -4.33. The lowest BCUT2D eigenvalue weighted by Crippen LogP contribution is -2.48. The Balaban J connectivity index is 1.30. The van der Waals surface area contributed by atoms with Crippen LogP contribution < -0.4 is 20.8 Å². The quantitative estimate of drug-likeness (QED) is 0.382. The van der Waals surface area contributed by atoms with E-state index in [2.05, 4.69) is 11.0 Å². The lowest BCUT2D eigenvalue weighted by Gasteiger charge is -2.36. The highest BCUT2D eigenvalue weighted by Crippen LogP contribution is 2.22. The number of carbonyl (C=O) groups is 1. The molecular formula is C29H30N4O4.